The number of hydrogen-bond donors (Lipinski definition) is 2. The molecule has 1 fully saturated rings. The molecule has 0 aromatic heterocycles. The van der Waals surface area contributed by atoms with Gasteiger partial charge in [0.2, 0.25) is 5.91 Å². The first-order valence-electron chi connectivity index (χ1n) is 6.36. The van der Waals surface area contributed by atoms with Crippen molar-refractivity contribution in [1.82, 2.24) is 10.6 Å². The lowest BCUT2D eigenvalue weighted by molar-refractivity contribution is -0.122. The van der Waals surface area contributed by atoms with Gasteiger partial charge in [0.25, 0.3) is 0 Å². The second-order valence-electron chi connectivity index (χ2n) is 4.43. The van der Waals surface area contributed by atoms with Crippen molar-refractivity contribution in [2.24, 2.45) is 5.92 Å². The summed E-state index contributed by atoms with van der Waals surface area (Å²) in [6.07, 6.45) is 4.91. The SMILES string of the molecule is CCCCC(CC)CNC(=O)C1CSCN1. The molecule has 2 unspecified atom stereocenters. The molecule has 0 aromatic rings. The Morgan fingerprint density at radius 1 is 1.56 bits per heavy atom. The van der Waals surface area contributed by atoms with E-state index in [1.165, 1.54) is 19.3 Å². The molecule has 3 nitrogen and oxygen atoms in total. The fraction of sp³-hybridized carbons (Fsp3) is 0.917. The van der Waals surface area contributed by atoms with Crippen LogP contribution < -0.4 is 10.6 Å². The molecular weight excluding hydrogens is 220 g/mol. The maximum absolute atomic E-state index is 11.8. The van der Waals surface area contributed by atoms with Crippen LogP contribution >= 0.6 is 11.8 Å². The van der Waals surface area contributed by atoms with Gasteiger partial charge in [-0.25, -0.2) is 0 Å². The maximum Gasteiger partial charge on any atom is 0.238 e. The molecule has 0 aromatic carbocycles. The smallest absolute Gasteiger partial charge is 0.238 e. The van der Waals surface area contributed by atoms with Gasteiger partial charge in [0.1, 0.15) is 0 Å². The summed E-state index contributed by atoms with van der Waals surface area (Å²) in [5, 5.41) is 6.26. The predicted molar refractivity (Wildman–Crippen MR) is 70.6 cm³/mol. The summed E-state index contributed by atoms with van der Waals surface area (Å²) in [6, 6.07) is 0.0358. The molecule has 0 aliphatic carbocycles. The van der Waals surface area contributed by atoms with Crippen LogP contribution in [0.4, 0.5) is 0 Å². The maximum atomic E-state index is 11.8. The Hall–Kier alpha value is -0.220. The number of unbranched alkanes of at least 4 members (excludes halogenated alkanes) is 1. The van der Waals surface area contributed by atoms with E-state index in [0.717, 1.165) is 24.6 Å². The molecule has 1 aliphatic rings. The number of hydrogen-bond acceptors (Lipinski definition) is 3. The quantitative estimate of drug-likeness (QED) is 0.719. The van der Waals surface area contributed by atoms with E-state index in [1.807, 2.05) is 0 Å². The monoisotopic (exact) mass is 244 g/mol. The highest BCUT2D eigenvalue weighted by molar-refractivity contribution is 7.99. The lowest BCUT2D eigenvalue weighted by atomic mass is 9.99. The Morgan fingerprint density at radius 2 is 2.38 bits per heavy atom. The molecule has 0 radical (unpaired) electrons. The number of amides is 1. The number of carbonyl (C=O) groups is 1. The van der Waals surface area contributed by atoms with Crippen LogP contribution in [0.3, 0.4) is 0 Å². The largest absolute Gasteiger partial charge is 0.354 e. The van der Waals surface area contributed by atoms with Gasteiger partial charge in [-0.1, -0.05) is 33.1 Å². The molecule has 94 valence electrons. The van der Waals surface area contributed by atoms with Gasteiger partial charge in [0, 0.05) is 18.2 Å². The van der Waals surface area contributed by atoms with Crippen molar-refractivity contribution in [3.05, 3.63) is 0 Å². The molecule has 1 rings (SSSR count). The minimum atomic E-state index is 0.0358. The summed E-state index contributed by atoms with van der Waals surface area (Å²) in [6.45, 7) is 5.26. The van der Waals surface area contributed by atoms with Crippen LogP contribution in [0.5, 0.6) is 0 Å². The Balaban J connectivity index is 2.17. The Labute approximate surface area is 103 Å². The summed E-state index contributed by atoms with van der Waals surface area (Å²) in [4.78, 5) is 11.8. The standard InChI is InChI=1S/C12H24N2OS/c1-3-5-6-10(4-2)7-13-12(15)11-8-16-9-14-11/h10-11,14H,3-9H2,1-2H3,(H,13,15). The van der Waals surface area contributed by atoms with Gasteiger partial charge in [-0.15, -0.1) is 11.8 Å². The summed E-state index contributed by atoms with van der Waals surface area (Å²) in [7, 11) is 0. The zero-order chi connectivity index (χ0) is 11.8. The van der Waals surface area contributed by atoms with E-state index >= 15 is 0 Å². The molecule has 2 atom stereocenters. The summed E-state index contributed by atoms with van der Waals surface area (Å²) in [5.74, 6) is 2.65. The summed E-state index contributed by atoms with van der Waals surface area (Å²) < 4.78 is 0. The molecule has 0 saturated carbocycles. The Bertz CT molecular complexity index is 205. The van der Waals surface area contributed by atoms with E-state index in [-0.39, 0.29) is 11.9 Å². The van der Waals surface area contributed by atoms with Crippen molar-refractivity contribution in [2.45, 2.75) is 45.6 Å². The average Bonchev–Trinajstić information content (AvgIpc) is 2.82. The van der Waals surface area contributed by atoms with E-state index in [4.69, 9.17) is 0 Å². The third-order valence-electron chi connectivity index (χ3n) is 3.14. The minimum Gasteiger partial charge on any atom is -0.354 e. The molecule has 2 N–H and O–H groups in total. The van der Waals surface area contributed by atoms with Gasteiger partial charge >= 0.3 is 0 Å². The van der Waals surface area contributed by atoms with Crippen molar-refractivity contribution < 1.29 is 4.79 Å². The highest BCUT2D eigenvalue weighted by atomic mass is 32.2. The molecule has 1 heterocycles. The van der Waals surface area contributed by atoms with Crippen molar-refractivity contribution in [3.63, 3.8) is 0 Å². The second kappa shape index (κ2) is 7.96. The van der Waals surface area contributed by atoms with Gasteiger partial charge in [-0.2, -0.15) is 0 Å². The van der Waals surface area contributed by atoms with Crippen molar-refractivity contribution in [1.29, 1.82) is 0 Å². The van der Waals surface area contributed by atoms with Crippen LogP contribution in [0.25, 0.3) is 0 Å². The van der Waals surface area contributed by atoms with Crippen molar-refractivity contribution in [2.75, 3.05) is 18.2 Å². The predicted octanol–water partition coefficient (Wildman–Crippen LogP) is 1.98. The molecule has 1 amide bonds. The highest BCUT2D eigenvalue weighted by Crippen LogP contribution is 2.12. The van der Waals surface area contributed by atoms with Crippen LogP contribution in [-0.2, 0) is 4.79 Å². The third kappa shape index (κ3) is 4.74. The van der Waals surface area contributed by atoms with Crippen LogP contribution in [0.15, 0.2) is 0 Å². The van der Waals surface area contributed by atoms with E-state index in [0.29, 0.717) is 5.92 Å². The Morgan fingerprint density at radius 3 is 2.94 bits per heavy atom. The van der Waals surface area contributed by atoms with Crippen molar-refractivity contribution >= 4 is 17.7 Å². The molecule has 1 aliphatic heterocycles. The van der Waals surface area contributed by atoms with E-state index in [9.17, 15) is 4.79 Å². The number of rotatable bonds is 7. The molecule has 16 heavy (non-hydrogen) atoms. The number of nitrogens with one attached hydrogen (secondary N) is 2. The fourth-order valence-corrected chi connectivity index (χ4v) is 2.82. The molecule has 0 bridgehead atoms. The third-order valence-corrected chi connectivity index (χ3v) is 4.08. The zero-order valence-corrected chi connectivity index (χ0v) is 11.2. The topological polar surface area (TPSA) is 41.1 Å². The molecule has 4 heteroatoms. The van der Waals surface area contributed by atoms with E-state index in [1.54, 1.807) is 11.8 Å². The van der Waals surface area contributed by atoms with Crippen LogP contribution in [0.1, 0.15) is 39.5 Å². The Kier molecular flexibility index (Phi) is 6.88. The summed E-state index contributed by atoms with van der Waals surface area (Å²) in [5.41, 5.74) is 0. The van der Waals surface area contributed by atoms with Gasteiger partial charge in [0.15, 0.2) is 0 Å². The molecule has 1 saturated heterocycles. The normalized spacial score (nSPS) is 22.0. The number of carbonyl (C=O) groups excluding carboxylic acids is 1. The minimum absolute atomic E-state index is 0.0358. The highest BCUT2D eigenvalue weighted by Gasteiger charge is 2.22. The lowest BCUT2D eigenvalue weighted by Gasteiger charge is -2.17. The first-order valence-corrected chi connectivity index (χ1v) is 7.52. The van der Waals surface area contributed by atoms with Gasteiger partial charge in [-0.3, -0.25) is 10.1 Å². The molecular formula is C12H24N2OS. The fourth-order valence-electron chi connectivity index (χ4n) is 1.88. The second-order valence-corrected chi connectivity index (χ2v) is 5.46. The van der Waals surface area contributed by atoms with Gasteiger partial charge < -0.3 is 5.32 Å². The van der Waals surface area contributed by atoms with Gasteiger partial charge in [-0.05, 0) is 12.3 Å². The van der Waals surface area contributed by atoms with E-state index < -0.39 is 0 Å². The summed E-state index contributed by atoms with van der Waals surface area (Å²) >= 11 is 1.79. The van der Waals surface area contributed by atoms with Crippen LogP contribution in [0, 0.1) is 5.92 Å². The van der Waals surface area contributed by atoms with Crippen LogP contribution in [0.2, 0.25) is 0 Å². The van der Waals surface area contributed by atoms with Crippen LogP contribution in [-0.4, -0.2) is 30.1 Å². The van der Waals surface area contributed by atoms with Gasteiger partial charge in [0.05, 0.1) is 6.04 Å². The van der Waals surface area contributed by atoms with E-state index in [2.05, 4.69) is 24.5 Å². The first-order chi connectivity index (χ1) is 7.77. The number of thioether (sulfide) groups is 1. The lowest BCUT2D eigenvalue weighted by Crippen LogP contribution is -2.43. The first kappa shape index (κ1) is 13.8. The average molecular weight is 244 g/mol. The van der Waals surface area contributed by atoms with Crippen molar-refractivity contribution in [3.8, 4) is 0 Å². The zero-order valence-electron chi connectivity index (χ0n) is 10.4. The molecule has 0 spiro atoms.